The van der Waals surface area contributed by atoms with Crippen LogP contribution in [0.2, 0.25) is 37.6 Å². The van der Waals surface area contributed by atoms with Crippen molar-refractivity contribution in [3.63, 3.8) is 0 Å². The van der Waals surface area contributed by atoms with Crippen LogP contribution < -0.4 is 0 Å². The molecule has 25 heavy (non-hydrogen) atoms. The van der Waals surface area contributed by atoms with Crippen LogP contribution in [0.1, 0.15) is 39.4 Å². The van der Waals surface area contributed by atoms with Gasteiger partial charge in [-0.3, -0.25) is 0 Å². The van der Waals surface area contributed by atoms with Gasteiger partial charge in [0.15, 0.2) is 0 Å². The van der Waals surface area contributed by atoms with E-state index in [1.165, 1.54) is 14.5 Å². The van der Waals surface area contributed by atoms with E-state index in [9.17, 15) is 0 Å². The summed E-state index contributed by atoms with van der Waals surface area (Å²) in [5.41, 5.74) is 4.91. The van der Waals surface area contributed by atoms with Gasteiger partial charge in [0.25, 0.3) is 0 Å². The van der Waals surface area contributed by atoms with E-state index in [0.717, 1.165) is 5.02 Å². The molecule has 1 aromatic carbocycles. The third kappa shape index (κ3) is 5.75. The van der Waals surface area contributed by atoms with Crippen molar-refractivity contribution in [3.05, 3.63) is 34.9 Å². The summed E-state index contributed by atoms with van der Waals surface area (Å²) in [6, 6.07) is 8.18. The topological polar surface area (TPSA) is 9.23 Å². The van der Waals surface area contributed by atoms with Gasteiger partial charge in [-0.15, -0.1) is 0 Å². The second kappa shape index (κ2) is 8.37. The maximum atomic E-state index is 6.81. The molecule has 1 aliphatic rings. The van der Waals surface area contributed by atoms with Gasteiger partial charge in [-0.25, -0.2) is 0 Å². The molecule has 1 fully saturated rings. The molecule has 1 nitrogen and oxygen atoms in total. The van der Waals surface area contributed by atoms with Crippen LogP contribution in [-0.2, 0) is 3.10 Å². The third-order valence-corrected chi connectivity index (χ3v) is 17.6. The molecule has 0 saturated carbocycles. The number of rotatable bonds is 5. The Labute approximate surface area is 165 Å². The van der Waals surface area contributed by atoms with Crippen molar-refractivity contribution >= 4 is 38.3 Å². The third-order valence-electron chi connectivity index (χ3n) is 4.05. The number of benzene rings is 1. The SMILES string of the molecule is CC(C)C[Te]1(CC(C)C)O[C@@H](c2ccc(Cl)cc2)[C@@H]1C#C[Si](C)(C)C. The molecule has 1 aliphatic heterocycles. The quantitative estimate of drug-likeness (QED) is 0.320. The van der Waals surface area contributed by atoms with Crippen LogP contribution in [0, 0.1) is 23.3 Å². The molecule has 4 heteroatoms. The fraction of sp³-hybridized carbons (Fsp3) is 0.619. The first kappa shape index (κ1) is 21.3. The zero-order chi connectivity index (χ0) is 18.8. The molecule has 1 heterocycles. The first-order valence-electron chi connectivity index (χ1n) is 9.26. The van der Waals surface area contributed by atoms with E-state index in [0.29, 0.717) is 15.8 Å². The van der Waals surface area contributed by atoms with Crippen molar-refractivity contribution in [1.29, 1.82) is 0 Å². The van der Waals surface area contributed by atoms with Gasteiger partial charge in [0.1, 0.15) is 0 Å². The van der Waals surface area contributed by atoms with Gasteiger partial charge >= 0.3 is 166 Å². The zero-order valence-electron chi connectivity index (χ0n) is 16.7. The van der Waals surface area contributed by atoms with Gasteiger partial charge in [0, 0.05) is 0 Å². The normalized spacial score (nSPS) is 23.8. The molecule has 140 valence electrons. The van der Waals surface area contributed by atoms with E-state index < -0.39 is 26.7 Å². The standard InChI is InChI=1S/C21H33ClOSiTe/c1-16(2)14-25(15-17(3)4)20(12-13-24(5,6)7)21(23-25)18-8-10-19(22)11-9-18/h8-11,16-17,20-21H,14-15H2,1-7H3/t20-,21-/m0/s1. The van der Waals surface area contributed by atoms with Gasteiger partial charge in [-0.1, -0.05) is 0 Å². The maximum absolute atomic E-state index is 6.81. The first-order chi connectivity index (χ1) is 11.5. The van der Waals surface area contributed by atoms with Crippen LogP contribution in [0.15, 0.2) is 24.3 Å². The van der Waals surface area contributed by atoms with E-state index in [1.54, 1.807) is 0 Å². The molecule has 0 bridgehead atoms. The van der Waals surface area contributed by atoms with E-state index >= 15 is 0 Å². The van der Waals surface area contributed by atoms with Crippen LogP contribution in [0.5, 0.6) is 0 Å². The monoisotopic (exact) mass is 494 g/mol. The second-order valence-electron chi connectivity index (χ2n) is 9.00. The number of hydrogen-bond acceptors (Lipinski definition) is 1. The Morgan fingerprint density at radius 1 is 1.04 bits per heavy atom. The Kier molecular flexibility index (Phi) is 7.14. The Hall–Kier alpha value is 0.0365. The van der Waals surface area contributed by atoms with Crippen molar-refractivity contribution < 1.29 is 3.10 Å². The molecule has 1 saturated heterocycles. The van der Waals surface area contributed by atoms with Crippen molar-refractivity contribution in [2.45, 2.75) is 66.3 Å². The molecule has 0 radical (unpaired) electrons. The second-order valence-corrected chi connectivity index (χ2v) is 23.0. The summed E-state index contributed by atoms with van der Waals surface area (Å²) in [6.45, 7) is 16.3. The Morgan fingerprint density at radius 3 is 2.00 bits per heavy atom. The molecule has 0 spiro atoms. The number of halogens is 1. The van der Waals surface area contributed by atoms with Gasteiger partial charge in [-0.2, -0.15) is 0 Å². The summed E-state index contributed by atoms with van der Waals surface area (Å²) >= 11 is 3.60. The van der Waals surface area contributed by atoms with Crippen LogP contribution >= 0.6 is 11.6 Å². The average Bonchev–Trinajstić information content (AvgIpc) is 2.43. The molecular weight excluding hydrogens is 459 g/mol. The Morgan fingerprint density at radius 2 is 1.56 bits per heavy atom. The van der Waals surface area contributed by atoms with E-state index in [4.69, 9.17) is 14.7 Å². The fourth-order valence-electron chi connectivity index (χ4n) is 3.32. The molecule has 0 unspecified atom stereocenters. The van der Waals surface area contributed by atoms with E-state index in [2.05, 4.69) is 70.9 Å². The van der Waals surface area contributed by atoms with Crippen LogP contribution in [0.25, 0.3) is 0 Å². The van der Waals surface area contributed by atoms with Crippen molar-refractivity contribution in [3.8, 4) is 11.5 Å². The summed E-state index contributed by atoms with van der Waals surface area (Å²) in [6.07, 6.45) is 0.153. The molecule has 0 aromatic heterocycles. The molecule has 0 amide bonds. The fourth-order valence-corrected chi connectivity index (χ4v) is 17.2. The van der Waals surface area contributed by atoms with Gasteiger partial charge in [-0.05, 0) is 0 Å². The predicted octanol–water partition coefficient (Wildman–Crippen LogP) is 6.92. The molecule has 1 aromatic rings. The predicted molar refractivity (Wildman–Crippen MR) is 115 cm³/mol. The summed E-state index contributed by atoms with van der Waals surface area (Å²) in [5, 5.41) is 0.783. The zero-order valence-corrected chi connectivity index (χ0v) is 20.8. The van der Waals surface area contributed by atoms with E-state index in [1.807, 2.05) is 12.1 Å². The minimum absolute atomic E-state index is 0.153. The van der Waals surface area contributed by atoms with Crippen molar-refractivity contribution in [2.24, 2.45) is 11.8 Å². The number of hydrogen-bond donors (Lipinski definition) is 0. The first-order valence-corrected chi connectivity index (χ1v) is 18.7. The van der Waals surface area contributed by atoms with Gasteiger partial charge < -0.3 is 0 Å². The molecule has 2 rings (SSSR count). The van der Waals surface area contributed by atoms with Gasteiger partial charge in [0.2, 0.25) is 0 Å². The summed E-state index contributed by atoms with van der Waals surface area (Å²) < 4.78 is 9.79. The van der Waals surface area contributed by atoms with Gasteiger partial charge in [0.05, 0.1) is 0 Å². The summed E-state index contributed by atoms with van der Waals surface area (Å²) in [7, 11) is -1.39. The summed E-state index contributed by atoms with van der Waals surface area (Å²) in [5.74, 6) is 5.13. The van der Waals surface area contributed by atoms with Crippen LogP contribution in [0.4, 0.5) is 0 Å². The Bertz CT molecular complexity index is 627. The average molecular weight is 493 g/mol. The molecule has 2 atom stereocenters. The van der Waals surface area contributed by atoms with Crippen molar-refractivity contribution in [1.82, 2.24) is 0 Å². The van der Waals surface area contributed by atoms with Crippen LogP contribution in [0.3, 0.4) is 0 Å². The van der Waals surface area contributed by atoms with E-state index in [-0.39, 0.29) is 6.10 Å². The molecular formula is C21H33ClOSiTe. The van der Waals surface area contributed by atoms with Crippen LogP contribution in [-0.4, -0.2) is 26.7 Å². The van der Waals surface area contributed by atoms with Crippen molar-refractivity contribution in [2.75, 3.05) is 0 Å². The Balaban J connectivity index is 2.38. The summed E-state index contributed by atoms with van der Waals surface area (Å²) in [4.78, 5) is 0. The molecule has 0 aliphatic carbocycles. The molecule has 0 N–H and O–H groups in total. The minimum atomic E-state index is -2.48.